The van der Waals surface area contributed by atoms with Gasteiger partial charge in [-0.25, -0.2) is 4.98 Å². The first kappa shape index (κ1) is 20.8. The molecule has 4 rings (SSSR count). The van der Waals surface area contributed by atoms with Crippen LogP contribution in [0.5, 0.6) is 0 Å². The molecule has 1 aromatic carbocycles. The molecule has 30 heavy (non-hydrogen) atoms. The lowest BCUT2D eigenvalue weighted by Crippen LogP contribution is -2.52. The molecule has 1 saturated carbocycles. The second-order valence-electron chi connectivity index (χ2n) is 8.63. The molecule has 2 N–H and O–H groups in total. The minimum Gasteiger partial charge on any atom is -0.341 e. The van der Waals surface area contributed by atoms with Crippen LogP contribution in [-0.2, 0) is 4.79 Å². The zero-order chi connectivity index (χ0) is 21.3. The number of aromatic amines is 1. The fourth-order valence-corrected chi connectivity index (χ4v) is 4.16. The highest BCUT2D eigenvalue weighted by Crippen LogP contribution is 2.38. The van der Waals surface area contributed by atoms with Crippen LogP contribution in [0.4, 0.5) is 0 Å². The van der Waals surface area contributed by atoms with Gasteiger partial charge in [-0.1, -0.05) is 37.6 Å². The van der Waals surface area contributed by atoms with Gasteiger partial charge in [0.1, 0.15) is 11.9 Å². The Hall–Kier alpha value is -2.41. The quantitative estimate of drug-likeness (QED) is 0.735. The smallest absolute Gasteiger partial charge is 0.253 e. The molecule has 160 valence electrons. The maximum atomic E-state index is 13.2. The molecule has 1 aliphatic heterocycles. The van der Waals surface area contributed by atoms with Crippen LogP contribution >= 0.6 is 11.6 Å². The number of likely N-dealkylation sites (tertiary alicyclic amines) is 1. The number of piperidine rings is 1. The van der Waals surface area contributed by atoms with Crippen molar-refractivity contribution in [3.63, 3.8) is 0 Å². The van der Waals surface area contributed by atoms with E-state index >= 15 is 0 Å². The summed E-state index contributed by atoms with van der Waals surface area (Å²) < 4.78 is 0. The topological polar surface area (TPSA) is 91.0 Å². The average Bonchev–Trinajstić information content (AvgIpc) is 3.48. The van der Waals surface area contributed by atoms with Crippen LogP contribution in [0.1, 0.15) is 73.4 Å². The highest BCUT2D eigenvalue weighted by Gasteiger charge is 2.34. The third kappa shape index (κ3) is 4.51. The second kappa shape index (κ2) is 8.76. The summed E-state index contributed by atoms with van der Waals surface area (Å²) in [7, 11) is 0. The number of aromatic nitrogens is 3. The number of nitrogens with one attached hydrogen (secondary N) is 2. The molecule has 8 heteroatoms. The fraction of sp³-hybridized carbons (Fsp3) is 0.545. The highest BCUT2D eigenvalue weighted by molar-refractivity contribution is 6.33. The summed E-state index contributed by atoms with van der Waals surface area (Å²) in [5, 5.41) is 10.7. The van der Waals surface area contributed by atoms with Gasteiger partial charge in [0.25, 0.3) is 5.91 Å². The van der Waals surface area contributed by atoms with Crippen LogP contribution in [0.25, 0.3) is 0 Å². The van der Waals surface area contributed by atoms with Crippen molar-refractivity contribution < 1.29 is 9.59 Å². The third-order valence-corrected chi connectivity index (χ3v) is 6.32. The Morgan fingerprint density at radius 2 is 1.83 bits per heavy atom. The van der Waals surface area contributed by atoms with E-state index in [9.17, 15) is 9.59 Å². The van der Waals surface area contributed by atoms with Gasteiger partial charge in [-0.3, -0.25) is 14.7 Å². The molecular formula is C22H28ClN5O2. The molecule has 1 saturated heterocycles. The molecule has 2 fully saturated rings. The Morgan fingerprint density at radius 1 is 1.13 bits per heavy atom. The van der Waals surface area contributed by atoms with Crippen molar-refractivity contribution in [1.82, 2.24) is 25.4 Å². The fourth-order valence-electron chi connectivity index (χ4n) is 3.94. The summed E-state index contributed by atoms with van der Waals surface area (Å²) in [4.78, 5) is 32.4. The minimum absolute atomic E-state index is 0.0305. The van der Waals surface area contributed by atoms with E-state index in [-0.39, 0.29) is 17.7 Å². The number of carbonyl (C=O) groups excluding carboxylic acids is 2. The van der Waals surface area contributed by atoms with Gasteiger partial charge in [0.05, 0.1) is 10.6 Å². The number of H-pyrrole nitrogens is 1. The Bertz CT molecular complexity index is 916. The molecule has 7 nitrogen and oxygen atoms in total. The first-order chi connectivity index (χ1) is 14.4. The predicted octanol–water partition coefficient (Wildman–Crippen LogP) is 3.50. The van der Waals surface area contributed by atoms with Gasteiger partial charge in [-0.2, -0.15) is 5.10 Å². The molecule has 2 aromatic rings. The number of rotatable bonds is 6. The van der Waals surface area contributed by atoms with Gasteiger partial charge < -0.3 is 10.2 Å². The predicted molar refractivity (Wildman–Crippen MR) is 114 cm³/mol. The molecule has 1 unspecified atom stereocenters. The second-order valence-corrected chi connectivity index (χ2v) is 9.03. The van der Waals surface area contributed by atoms with E-state index in [0.29, 0.717) is 35.5 Å². The largest absolute Gasteiger partial charge is 0.341 e. The summed E-state index contributed by atoms with van der Waals surface area (Å²) in [5.41, 5.74) is 0.383. The van der Waals surface area contributed by atoms with Gasteiger partial charge >= 0.3 is 0 Å². The molecule has 0 radical (unpaired) electrons. The van der Waals surface area contributed by atoms with Crippen molar-refractivity contribution in [2.45, 2.75) is 57.4 Å². The van der Waals surface area contributed by atoms with E-state index in [1.54, 1.807) is 24.3 Å². The van der Waals surface area contributed by atoms with E-state index < -0.39 is 6.04 Å². The number of amides is 2. The molecule has 2 heterocycles. The SMILES string of the molecule is CC(C)C(NC(=O)c1ccccc1Cl)C(=O)N1CCC(c2nc(C3CC3)n[nH]2)CC1. The summed E-state index contributed by atoms with van der Waals surface area (Å²) in [5.74, 6) is 2.31. The van der Waals surface area contributed by atoms with Crippen LogP contribution < -0.4 is 5.32 Å². The molecule has 1 aromatic heterocycles. The molecule has 0 bridgehead atoms. The molecule has 1 atom stereocenters. The maximum Gasteiger partial charge on any atom is 0.253 e. The van der Waals surface area contributed by atoms with Crippen molar-refractivity contribution in [3.05, 3.63) is 46.5 Å². The molecule has 2 amide bonds. The Kier molecular flexibility index (Phi) is 6.09. The zero-order valence-corrected chi connectivity index (χ0v) is 18.2. The Balaban J connectivity index is 1.37. The van der Waals surface area contributed by atoms with Crippen molar-refractivity contribution in [2.24, 2.45) is 5.92 Å². The van der Waals surface area contributed by atoms with Crippen LogP contribution in [0.3, 0.4) is 0 Å². The first-order valence-corrected chi connectivity index (χ1v) is 11.1. The average molecular weight is 430 g/mol. The maximum absolute atomic E-state index is 13.2. The van der Waals surface area contributed by atoms with Gasteiger partial charge in [0.15, 0.2) is 5.82 Å². The van der Waals surface area contributed by atoms with E-state index in [1.807, 2.05) is 18.7 Å². The summed E-state index contributed by atoms with van der Waals surface area (Å²) in [6, 6.07) is 6.29. The van der Waals surface area contributed by atoms with Crippen molar-refractivity contribution in [1.29, 1.82) is 0 Å². The summed E-state index contributed by atoms with van der Waals surface area (Å²) in [6.45, 7) is 5.18. The van der Waals surface area contributed by atoms with Crippen LogP contribution in [-0.4, -0.2) is 51.0 Å². The third-order valence-electron chi connectivity index (χ3n) is 5.99. The standard InChI is InChI=1S/C22H28ClN5O2/c1-13(2)18(24-21(29)16-5-3-4-6-17(16)23)22(30)28-11-9-15(10-12-28)20-25-19(26-27-20)14-7-8-14/h3-6,13-15,18H,7-12H2,1-2H3,(H,24,29)(H,25,26,27). The van der Waals surface area contributed by atoms with E-state index in [2.05, 4.69) is 20.5 Å². The monoisotopic (exact) mass is 429 g/mol. The van der Waals surface area contributed by atoms with Crippen LogP contribution in [0.15, 0.2) is 24.3 Å². The van der Waals surface area contributed by atoms with Gasteiger partial charge in [-0.05, 0) is 43.7 Å². The number of nitrogens with zero attached hydrogens (tertiary/aromatic N) is 3. The number of carbonyl (C=O) groups is 2. The van der Waals surface area contributed by atoms with Crippen LogP contribution in [0, 0.1) is 5.92 Å². The van der Waals surface area contributed by atoms with E-state index in [4.69, 9.17) is 11.6 Å². The number of halogens is 1. The number of hydrogen-bond donors (Lipinski definition) is 2. The summed E-state index contributed by atoms with van der Waals surface area (Å²) >= 11 is 6.14. The van der Waals surface area contributed by atoms with Gasteiger partial charge in [0, 0.05) is 24.9 Å². The first-order valence-electron chi connectivity index (χ1n) is 10.7. The molecule has 1 aliphatic carbocycles. The van der Waals surface area contributed by atoms with Gasteiger partial charge in [-0.15, -0.1) is 0 Å². The van der Waals surface area contributed by atoms with E-state index in [0.717, 1.165) is 24.5 Å². The Labute approximate surface area is 181 Å². The normalized spacial score (nSPS) is 18.5. The summed E-state index contributed by atoms with van der Waals surface area (Å²) in [6.07, 6.45) is 4.05. The van der Waals surface area contributed by atoms with Crippen molar-refractivity contribution >= 4 is 23.4 Å². The Morgan fingerprint density at radius 3 is 2.47 bits per heavy atom. The zero-order valence-electron chi connectivity index (χ0n) is 17.4. The van der Waals surface area contributed by atoms with Gasteiger partial charge in [0.2, 0.25) is 5.91 Å². The molecular weight excluding hydrogens is 402 g/mol. The lowest BCUT2D eigenvalue weighted by Gasteiger charge is -2.34. The number of benzene rings is 1. The van der Waals surface area contributed by atoms with E-state index in [1.165, 1.54) is 12.8 Å². The molecule has 2 aliphatic rings. The van der Waals surface area contributed by atoms with Crippen molar-refractivity contribution in [3.8, 4) is 0 Å². The van der Waals surface area contributed by atoms with Crippen LogP contribution in [0.2, 0.25) is 5.02 Å². The lowest BCUT2D eigenvalue weighted by molar-refractivity contribution is -0.135. The lowest BCUT2D eigenvalue weighted by atomic mass is 9.94. The number of hydrogen-bond acceptors (Lipinski definition) is 4. The molecule has 0 spiro atoms. The minimum atomic E-state index is -0.586. The highest BCUT2D eigenvalue weighted by atomic mass is 35.5. The van der Waals surface area contributed by atoms with Crippen molar-refractivity contribution in [2.75, 3.05) is 13.1 Å².